The van der Waals surface area contributed by atoms with Gasteiger partial charge in [-0.2, -0.15) is 0 Å². The van der Waals surface area contributed by atoms with Gasteiger partial charge in [0.15, 0.2) is 0 Å². The first-order valence-corrected chi connectivity index (χ1v) is 3.98. The molecule has 0 saturated carbocycles. The second kappa shape index (κ2) is 3.88. The SMILES string of the molecule is C=CC(C)NC(C)(C)C(C)O. The summed E-state index contributed by atoms with van der Waals surface area (Å²) in [6, 6.07) is 0.236. The molecule has 0 radical (unpaired) electrons. The monoisotopic (exact) mass is 157 g/mol. The lowest BCUT2D eigenvalue weighted by atomic mass is 9.98. The molecule has 0 aliphatic rings. The van der Waals surface area contributed by atoms with Gasteiger partial charge in [-0.1, -0.05) is 6.08 Å². The van der Waals surface area contributed by atoms with Gasteiger partial charge in [-0.25, -0.2) is 0 Å². The standard InChI is InChI=1S/C9H19NO/c1-6-7(2)10-9(4,5)8(3)11/h6-8,10-11H,1H2,2-5H3. The van der Waals surface area contributed by atoms with Crippen LogP contribution in [-0.2, 0) is 0 Å². The summed E-state index contributed by atoms with van der Waals surface area (Å²) in [7, 11) is 0. The van der Waals surface area contributed by atoms with Crippen molar-refractivity contribution in [1.82, 2.24) is 5.32 Å². The van der Waals surface area contributed by atoms with Crippen LogP contribution in [0.5, 0.6) is 0 Å². The molecule has 0 aromatic heterocycles. The highest BCUT2D eigenvalue weighted by Gasteiger charge is 2.24. The fourth-order valence-electron chi connectivity index (χ4n) is 0.766. The van der Waals surface area contributed by atoms with Gasteiger partial charge in [-0.15, -0.1) is 6.58 Å². The van der Waals surface area contributed by atoms with Gasteiger partial charge in [0.25, 0.3) is 0 Å². The Morgan fingerprint density at radius 1 is 1.45 bits per heavy atom. The molecule has 0 saturated heterocycles. The summed E-state index contributed by atoms with van der Waals surface area (Å²) >= 11 is 0. The third kappa shape index (κ3) is 3.54. The van der Waals surface area contributed by atoms with E-state index in [9.17, 15) is 5.11 Å². The van der Waals surface area contributed by atoms with Crippen molar-refractivity contribution in [3.63, 3.8) is 0 Å². The predicted molar refractivity (Wildman–Crippen MR) is 48.6 cm³/mol. The van der Waals surface area contributed by atoms with E-state index in [1.54, 1.807) is 6.92 Å². The maximum atomic E-state index is 9.33. The predicted octanol–water partition coefficient (Wildman–Crippen LogP) is 1.31. The summed E-state index contributed by atoms with van der Waals surface area (Å²) in [5.41, 5.74) is -0.242. The Morgan fingerprint density at radius 2 is 1.91 bits per heavy atom. The van der Waals surface area contributed by atoms with E-state index in [2.05, 4.69) is 11.9 Å². The smallest absolute Gasteiger partial charge is 0.0688 e. The Hall–Kier alpha value is -0.340. The summed E-state index contributed by atoms with van der Waals surface area (Å²) in [4.78, 5) is 0. The van der Waals surface area contributed by atoms with Gasteiger partial charge in [0, 0.05) is 11.6 Å². The molecule has 0 heterocycles. The molecule has 2 atom stereocenters. The maximum Gasteiger partial charge on any atom is 0.0688 e. The van der Waals surface area contributed by atoms with Gasteiger partial charge in [0.2, 0.25) is 0 Å². The normalized spacial score (nSPS) is 17.5. The first-order chi connectivity index (χ1) is 4.90. The Morgan fingerprint density at radius 3 is 2.18 bits per heavy atom. The average Bonchev–Trinajstić information content (AvgIpc) is 1.86. The summed E-state index contributed by atoms with van der Waals surface area (Å²) in [5.74, 6) is 0. The highest BCUT2D eigenvalue weighted by atomic mass is 16.3. The van der Waals surface area contributed by atoms with E-state index >= 15 is 0 Å². The fourth-order valence-corrected chi connectivity index (χ4v) is 0.766. The van der Waals surface area contributed by atoms with Crippen molar-refractivity contribution in [1.29, 1.82) is 0 Å². The lowest BCUT2D eigenvalue weighted by molar-refractivity contribution is 0.0932. The third-order valence-corrected chi connectivity index (χ3v) is 2.00. The molecule has 0 rings (SSSR count). The highest BCUT2D eigenvalue weighted by Crippen LogP contribution is 2.09. The molecule has 0 fully saturated rings. The zero-order chi connectivity index (χ0) is 9.07. The van der Waals surface area contributed by atoms with Gasteiger partial charge in [0.05, 0.1) is 6.10 Å². The van der Waals surface area contributed by atoms with Crippen LogP contribution in [0.1, 0.15) is 27.7 Å². The number of rotatable bonds is 4. The summed E-state index contributed by atoms with van der Waals surface area (Å²) in [6.45, 7) is 11.4. The topological polar surface area (TPSA) is 32.3 Å². The van der Waals surface area contributed by atoms with Gasteiger partial charge < -0.3 is 10.4 Å². The lowest BCUT2D eigenvalue weighted by Crippen LogP contribution is -2.51. The Kier molecular flexibility index (Phi) is 3.76. The number of nitrogens with one attached hydrogen (secondary N) is 1. The minimum atomic E-state index is -0.357. The second-order valence-electron chi connectivity index (χ2n) is 3.57. The molecule has 0 aromatic rings. The largest absolute Gasteiger partial charge is 0.392 e. The first kappa shape index (κ1) is 10.7. The van der Waals surface area contributed by atoms with Crippen LogP contribution in [0, 0.1) is 0 Å². The minimum absolute atomic E-state index is 0.236. The lowest BCUT2D eigenvalue weighted by Gasteiger charge is -2.31. The summed E-state index contributed by atoms with van der Waals surface area (Å²) in [6.07, 6.45) is 1.47. The van der Waals surface area contributed by atoms with E-state index in [0.29, 0.717) is 0 Å². The van der Waals surface area contributed by atoms with Crippen LogP contribution in [0.25, 0.3) is 0 Å². The quantitative estimate of drug-likeness (QED) is 0.603. The molecule has 2 N–H and O–H groups in total. The number of aliphatic hydroxyl groups excluding tert-OH is 1. The Labute approximate surface area is 69.3 Å². The molecule has 2 heteroatoms. The van der Waals surface area contributed by atoms with Crippen LogP contribution in [-0.4, -0.2) is 22.8 Å². The van der Waals surface area contributed by atoms with Gasteiger partial charge >= 0.3 is 0 Å². The van der Waals surface area contributed by atoms with Crippen molar-refractivity contribution in [3.05, 3.63) is 12.7 Å². The third-order valence-electron chi connectivity index (χ3n) is 2.00. The van der Waals surface area contributed by atoms with Crippen molar-refractivity contribution in [2.24, 2.45) is 0 Å². The second-order valence-corrected chi connectivity index (χ2v) is 3.57. The van der Waals surface area contributed by atoms with Crippen LogP contribution in [0.15, 0.2) is 12.7 Å². The van der Waals surface area contributed by atoms with Gasteiger partial charge in [-0.3, -0.25) is 0 Å². The van der Waals surface area contributed by atoms with Crippen LogP contribution in [0.2, 0.25) is 0 Å². The zero-order valence-corrected chi connectivity index (χ0v) is 7.89. The van der Waals surface area contributed by atoms with Crippen LogP contribution in [0.3, 0.4) is 0 Å². The number of aliphatic hydroxyl groups is 1. The molecule has 0 aromatic carbocycles. The van der Waals surface area contributed by atoms with Crippen molar-refractivity contribution in [3.8, 4) is 0 Å². The zero-order valence-electron chi connectivity index (χ0n) is 7.89. The van der Waals surface area contributed by atoms with E-state index in [1.165, 1.54) is 0 Å². The number of hydrogen-bond acceptors (Lipinski definition) is 2. The van der Waals surface area contributed by atoms with E-state index in [0.717, 1.165) is 0 Å². The summed E-state index contributed by atoms with van der Waals surface area (Å²) in [5, 5.41) is 12.6. The van der Waals surface area contributed by atoms with Crippen molar-refractivity contribution >= 4 is 0 Å². The Balaban J connectivity index is 4.00. The molecule has 0 aliphatic heterocycles. The van der Waals surface area contributed by atoms with Crippen molar-refractivity contribution < 1.29 is 5.11 Å². The molecule has 11 heavy (non-hydrogen) atoms. The van der Waals surface area contributed by atoms with E-state index in [1.807, 2.05) is 26.8 Å². The van der Waals surface area contributed by atoms with Crippen LogP contribution < -0.4 is 5.32 Å². The minimum Gasteiger partial charge on any atom is -0.392 e. The molecule has 0 bridgehead atoms. The van der Waals surface area contributed by atoms with Crippen molar-refractivity contribution in [2.45, 2.75) is 45.4 Å². The maximum absolute atomic E-state index is 9.33. The molecule has 66 valence electrons. The van der Waals surface area contributed by atoms with Gasteiger partial charge in [0.1, 0.15) is 0 Å². The van der Waals surface area contributed by atoms with E-state index < -0.39 is 0 Å². The van der Waals surface area contributed by atoms with Gasteiger partial charge in [-0.05, 0) is 27.7 Å². The van der Waals surface area contributed by atoms with Crippen LogP contribution >= 0.6 is 0 Å². The molecule has 2 nitrogen and oxygen atoms in total. The van der Waals surface area contributed by atoms with Crippen molar-refractivity contribution in [2.75, 3.05) is 0 Å². The Bertz CT molecular complexity index is 130. The van der Waals surface area contributed by atoms with Crippen LogP contribution in [0.4, 0.5) is 0 Å². The van der Waals surface area contributed by atoms with E-state index in [-0.39, 0.29) is 17.7 Å². The van der Waals surface area contributed by atoms with E-state index in [4.69, 9.17) is 0 Å². The first-order valence-electron chi connectivity index (χ1n) is 3.98. The highest BCUT2D eigenvalue weighted by molar-refractivity contribution is 4.91. The number of hydrogen-bond donors (Lipinski definition) is 2. The fraction of sp³-hybridized carbons (Fsp3) is 0.778. The average molecular weight is 157 g/mol. The molecule has 0 aliphatic carbocycles. The molecular formula is C9H19NO. The molecule has 0 amide bonds. The molecule has 0 spiro atoms. The summed E-state index contributed by atoms with van der Waals surface area (Å²) < 4.78 is 0. The molecule has 2 unspecified atom stereocenters. The molecular weight excluding hydrogens is 138 g/mol.